The second-order valence-corrected chi connectivity index (χ2v) is 4.55. The van der Waals surface area contributed by atoms with Crippen LogP contribution in [0.1, 0.15) is 16.8 Å². The van der Waals surface area contributed by atoms with Crippen LogP contribution in [0, 0.1) is 6.92 Å². The average molecular weight is 257 g/mol. The Balaban J connectivity index is 2.04. The highest BCUT2D eigenvalue weighted by Crippen LogP contribution is 2.08. The fourth-order valence-corrected chi connectivity index (χ4v) is 1.68. The van der Waals surface area contributed by atoms with Gasteiger partial charge in [0.25, 0.3) is 0 Å². The molecule has 0 saturated carbocycles. The first-order valence-electron chi connectivity index (χ1n) is 5.71. The molecule has 0 saturated heterocycles. The number of benzene rings is 1. The number of pyridine rings is 1. The summed E-state index contributed by atoms with van der Waals surface area (Å²) in [6.45, 7) is 2.80. The van der Waals surface area contributed by atoms with Gasteiger partial charge in [-0.3, -0.25) is 0 Å². The Morgan fingerprint density at radius 3 is 2.61 bits per heavy atom. The predicted molar refractivity (Wildman–Crippen MR) is 78.6 cm³/mol. The third kappa shape index (κ3) is 3.28. The first kappa shape index (κ1) is 12.5. The quantitative estimate of drug-likeness (QED) is 0.827. The topological polar surface area (TPSA) is 50.9 Å². The maximum absolute atomic E-state index is 5.55. The van der Waals surface area contributed by atoms with Gasteiger partial charge in [-0.25, -0.2) is 4.98 Å². The third-order valence-corrected chi connectivity index (χ3v) is 2.80. The molecule has 3 nitrogen and oxygen atoms in total. The van der Waals surface area contributed by atoms with Crippen LogP contribution >= 0.6 is 12.2 Å². The number of aryl methyl sites for hydroxylation is 1. The average Bonchev–Trinajstić information content (AvgIpc) is 2.38. The Bertz CT molecular complexity index is 549. The second kappa shape index (κ2) is 5.60. The molecule has 0 amide bonds. The summed E-state index contributed by atoms with van der Waals surface area (Å²) in [6.07, 6.45) is 0. The van der Waals surface area contributed by atoms with Crippen molar-refractivity contribution in [2.45, 2.75) is 13.5 Å². The van der Waals surface area contributed by atoms with Crippen LogP contribution in [0.4, 0.5) is 5.82 Å². The minimum Gasteiger partial charge on any atom is -0.388 e. The molecular formula is C14H15N3S. The van der Waals surface area contributed by atoms with Crippen molar-refractivity contribution in [1.29, 1.82) is 0 Å². The van der Waals surface area contributed by atoms with Crippen LogP contribution in [-0.2, 0) is 6.54 Å². The van der Waals surface area contributed by atoms with E-state index in [1.165, 1.54) is 11.1 Å². The number of anilines is 1. The number of hydrogen-bond donors (Lipinski definition) is 2. The van der Waals surface area contributed by atoms with E-state index in [2.05, 4.69) is 41.5 Å². The zero-order chi connectivity index (χ0) is 13.0. The highest BCUT2D eigenvalue weighted by atomic mass is 32.1. The summed E-state index contributed by atoms with van der Waals surface area (Å²) in [6, 6.07) is 14.0. The van der Waals surface area contributed by atoms with E-state index in [4.69, 9.17) is 18.0 Å². The van der Waals surface area contributed by atoms with Crippen molar-refractivity contribution in [3.63, 3.8) is 0 Å². The molecule has 0 bridgehead atoms. The molecule has 0 spiro atoms. The molecule has 0 unspecified atom stereocenters. The third-order valence-electron chi connectivity index (χ3n) is 2.60. The number of thiocarbonyl (C=S) groups is 1. The highest BCUT2D eigenvalue weighted by Gasteiger charge is 2.00. The van der Waals surface area contributed by atoms with E-state index in [9.17, 15) is 0 Å². The number of nitrogens with one attached hydrogen (secondary N) is 1. The normalized spacial score (nSPS) is 10.1. The van der Waals surface area contributed by atoms with Crippen molar-refractivity contribution in [3.8, 4) is 0 Å². The molecule has 0 fully saturated rings. The van der Waals surface area contributed by atoms with Gasteiger partial charge in [-0.2, -0.15) is 0 Å². The van der Waals surface area contributed by atoms with Crippen molar-refractivity contribution < 1.29 is 0 Å². The van der Waals surface area contributed by atoms with Gasteiger partial charge in [-0.1, -0.05) is 48.1 Å². The van der Waals surface area contributed by atoms with E-state index in [0.717, 1.165) is 12.4 Å². The molecule has 4 heteroatoms. The van der Waals surface area contributed by atoms with Crippen LogP contribution < -0.4 is 11.1 Å². The number of rotatable bonds is 4. The Hall–Kier alpha value is -1.94. The molecule has 2 aromatic rings. The zero-order valence-corrected chi connectivity index (χ0v) is 11.0. The number of hydrogen-bond acceptors (Lipinski definition) is 3. The summed E-state index contributed by atoms with van der Waals surface area (Å²) in [5, 5.41) is 3.25. The van der Waals surface area contributed by atoms with Crippen LogP contribution in [0.3, 0.4) is 0 Å². The van der Waals surface area contributed by atoms with Gasteiger partial charge in [0.1, 0.15) is 10.8 Å². The van der Waals surface area contributed by atoms with E-state index in [1.54, 1.807) is 6.07 Å². The van der Waals surface area contributed by atoms with Crippen LogP contribution in [0.15, 0.2) is 42.5 Å². The van der Waals surface area contributed by atoms with Gasteiger partial charge in [0.05, 0.1) is 5.69 Å². The molecule has 18 heavy (non-hydrogen) atoms. The first-order valence-corrected chi connectivity index (χ1v) is 6.12. The van der Waals surface area contributed by atoms with Crippen molar-refractivity contribution in [2.24, 2.45) is 5.73 Å². The van der Waals surface area contributed by atoms with Gasteiger partial charge in [0.15, 0.2) is 0 Å². The molecule has 0 atom stereocenters. The maximum atomic E-state index is 5.55. The highest BCUT2D eigenvalue weighted by molar-refractivity contribution is 7.80. The first-order chi connectivity index (χ1) is 8.65. The molecule has 1 aromatic heterocycles. The SMILES string of the molecule is Cc1ccc(CNc2cccc(C(N)=S)n2)cc1. The summed E-state index contributed by atoms with van der Waals surface area (Å²) in [7, 11) is 0. The van der Waals surface area contributed by atoms with Crippen LogP contribution in [-0.4, -0.2) is 9.97 Å². The summed E-state index contributed by atoms with van der Waals surface area (Å²) in [5.74, 6) is 0.779. The minimum atomic E-state index is 0.314. The molecule has 92 valence electrons. The van der Waals surface area contributed by atoms with Crippen molar-refractivity contribution in [2.75, 3.05) is 5.32 Å². The lowest BCUT2D eigenvalue weighted by Gasteiger charge is -2.07. The Labute approximate surface area is 112 Å². The lowest BCUT2D eigenvalue weighted by molar-refractivity contribution is 1.10. The molecule has 0 aliphatic carbocycles. The zero-order valence-electron chi connectivity index (χ0n) is 10.2. The molecule has 0 aliphatic rings. The summed E-state index contributed by atoms with van der Waals surface area (Å²) in [5.41, 5.74) is 8.65. The van der Waals surface area contributed by atoms with E-state index in [0.29, 0.717) is 10.7 Å². The Morgan fingerprint density at radius 2 is 1.94 bits per heavy atom. The van der Waals surface area contributed by atoms with Gasteiger partial charge >= 0.3 is 0 Å². The van der Waals surface area contributed by atoms with Crippen molar-refractivity contribution in [1.82, 2.24) is 4.98 Å². The van der Waals surface area contributed by atoms with Gasteiger partial charge in [0.2, 0.25) is 0 Å². The number of aromatic nitrogens is 1. The van der Waals surface area contributed by atoms with Gasteiger partial charge in [-0.05, 0) is 24.6 Å². The van der Waals surface area contributed by atoms with Gasteiger partial charge in [0, 0.05) is 6.54 Å². The van der Waals surface area contributed by atoms with Crippen LogP contribution in [0.25, 0.3) is 0 Å². The Morgan fingerprint density at radius 1 is 1.22 bits per heavy atom. The summed E-state index contributed by atoms with van der Waals surface area (Å²) >= 11 is 4.90. The molecule has 0 aliphatic heterocycles. The minimum absolute atomic E-state index is 0.314. The van der Waals surface area contributed by atoms with E-state index < -0.39 is 0 Å². The smallest absolute Gasteiger partial charge is 0.127 e. The van der Waals surface area contributed by atoms with Gasteiger partial charge < -0.3 is 11.1 Å². The van der Waals surface area contributed by atoms with E-state index in [-0.39, 0.29) is 0 Å². The molecule has 1 heterocycles. The fourth-order valence-electron chi connectivity index (χ4n) is 1.57. The lowest BCUT2D eigenvalue weighted by atomic mass is 10.1. The summed E-state index contributed by atoms with van der Waals surface area (Å²) < 4.78 is 0. The number of nitrogens with zero attached hydrogens (tertiary/aromatic N) is 1. The van der Waals surface area contributed by atoms with Gasteiger partial charge in [-0.15, -0.1) is 0 Å². The van der Waals surface area contributed by atoms with Crippen molar-refractivity contribution >= 4 is 23.0 Å². The largest absolute Gasteiger partial charge is 0.388 e. The van der Waals surface area contributed by atoms with E-state index in [1.807, 2.05) is 12.1 Å². The molecule has 0 radical (unpaired) electrons. The fraction of sp³-hybridized carbons (Fsp3) is 0.143. The maximum Gasteiger partial charge on any atom is 0.127 e. The van der Waals surface area contributed by atoms with Crippen LogP contribution in [0.5, 0.6) is 0 Å². The summed E-state index contributed by atoms with van der Waals surface area (Å²) in [4.78, 5) is 4.64. The lowest BCUT2D eigenvalue weighted by Crippen LogP contribution is -2.12. The van der Waals surface area contributed by atoms with E-state index >= 15 is 0 Å². The molecule has 1 aromatic carbocycles. The molecule has 3 N–H and O–H groups in total. The monoisotopic (exact) mass is 257 g/mol. The predicted octanol–water partition coefficient (Wildman–Crippen LogP) is 2.64. The molecule has 2 rings (SSSR count). The van der Waals surface area contributed by atoms with Crippen LogP contribution in [0.2, 0.25) is 0 Å². The second-order valence-electron chi connectivity index (χ2n) is 4.11. The molecular weight excluding hydrogens is 242 g/mol. The number of nitrogens with two attached hydrogens (primary N) is 1. The standard InChI is InChI=1S/C14H15N3S/c1-10-5-7-11(8-6-10)9-16-13-4-2-3-12(17-13)14(15)18/h2-8H,9H2,1H3,(H2,15,18)(H,16,17). The Kier molecular flexibility index (Phi) is 3.89. The van der Waals surface area contributed by atoms with Crippen molar-refractivity contribution in [3.05, 3.63) is 59.3 Å².